The first-order valence-electron chi connectivity index (χ1n) is 7.01. The minimum absolute atomic E-state index is 0.119. The molecule has 1 aliphatic heterocycles. The van der Waals surface area contributed by atoms with Crippen molar-refractivity contribution in [2.45, 2.75) is 31.6 Å². The Morgan fingerprint density at radius 2 is 2.10 bits per heavy atom. The quantitative estimate of drug-likeness (QED) is 0.783. The van der Waals surface area contributed by atoms with Crippen molar-refractivity contribution < 1.29 is 8.42 Å². The highest BCUT2D eigenvalue weighted by Crippen LogP contribution is 2.25. The fourth-order valence-corrected chi connectivity index (χ4v) is 4.27. The van der Waals surface area contributed by atoms with Crippen molar-refractivity contribution in [3.05, 3.63) is 30.1 Å². The highest BCUT2D eigenvalue weighted by atomic mass is 35.5. The van der Waals surface area contributed by atoms with E-state index in [-0.39, 0.29) is 11.1 Å². The van der Waals surface area contributed by atoms with Gasteiger partial charge in [-0.05, 0) is 37.8 Å². The summed E-state index contributed by atoms with van der Waals surface area (Å²) in [7, 11) is -3.18. The molecule has 1 aromatic heterocycles. The molecule has 0 aliphatic carbocycles. The Morgan fingerprint density at radius 3 is 2.65 bits per heavy atom. The molecule has 2 heterocycles. The summed E-state index contributed by atoms with van der Waals surface area (Å²) >= 11 is 6.08. The van der Waals surface area contributed by atoms with Crippen LogP contribution in [-0.2, 0) is 16.4 Å². The third-order valence-electron chi connectivity index (χ3n) is 3.88. The van der Waals surface area contributed by atoms with Crippen LogP contribution in [0.25, 0.3) is 0 Å². The number of halogens is 1. The summed E-state index contributed by atoms with van der Waals surface area (Å²) in [6.07, 6.45) is 3.87. The fraction of sp³-hybridized carbons (Fsp3) is 0.643. The zero-order chi connectivity index (χ0) is 14.6. The third kappa shape index (κ3) is 4.17. The number of sulfonamides is 1. The molecule has 0 amide bonds. The molecular weight excluding hydrogens is 296 g/mol. The first-order valence-corrected chi connectivity index (χ1v) is 9.05. The predicted molar refractivity (Wildman–Crippen MR) is 81.3 cm³/mol. The monoisotopic (exact) mass is 316 g/mol. The van der Waals surface area contributed by atoms with Crippen molar-refractivity contribution in [2.24, 2.45) is 5.92 Å². The number of pyridine rings is 1. The van der Waals surface area contributed by atoms with Gasteiger partial charge >= 0.3 is 0 Å². The molecule has 0 spiro atoms. The van der Waals surface area contributed by atoms with Gasteiger partial charge in [0.05, 0.1) is 5.75 Å². The van der Waals surface area contributed by atoms with Gasteiger partial charge in [-0.1, -0.05) is 6.07 Å². The Morgan fingerprint density at radius 1 is 1.40 bits per heavy atom. The first-order chi connectivity index (χ1) is 9.49. The van der Waals surface area contributed by atoms with Gasteiger partial charge in [0.1, 0.15) is 0 Å². The summed E-state index contributed by atoms with van der Waals surface area (Å²) in [5, 5.41) is 0.119. The lowest BCUT2D eigenvalue weighted by atomic mass is 9.95. The van der Waals surface area contributed by atoms with E-state index in [2.05, 4.69) is 4.98 Å². The van der Waals surface area contributed by atoms with Crippen LogP contribution < -0.4 is 0 Å². The van der Waals surface area contributed by atoms with Gasteiger partial charge < -0.3 is 0 Å². The SMILES string of the molecule is CC(Cl)C1CCN(S(=O)(=O)CCc2ccccn2)CC1. The van der Waals surface area contributed by atoms with E-state index in [4.69, 9.17) is 11.6 Å². The number of aryl methyl sites for hydroxylation is 1. The van der Waals surface area contributed by atoms with Gasteiger partial charge in [-0.3, -0.25) is 4.98 Å². The number of rotatable bonds is 5. The maximum atomic E-state index is 12.3. The van der Waals surface area contributed by atoms with Crippen LogP contribution in [0, 0.1) is 5.92 Å². The van der Waals surface area contributed by atoms with Crippen molar-refractivity contribution in [1.82, 2.24) is 9.29 Å². The predicted octanol–water partition coefficient (Wildman–Crippen LogP) is 2.29. The normalized spacial score (nSPS) is 19.9. The molecule has 0 aromatic carbocycles. The van der Waals surface area contributed by atoms with Gasteiger partial charge in [-0.15, -0.1) is 11.6 Å². The number of nitrogens with zero attached hydrogens (tertiary/aromatic N) is 2. The Labute approximate surface area is 126 Å². The van der Waals surface area contributed by atoms with Crippen LogP contribution in [0.1, 0.15) is 25.5 Å². The van der Waals surface area contributed by atoms with Gasteiger partial charge in [0, 0.05) is 36.8 Å². The summed E-state index contributed by atoms with van der Waals surface area (Å²) < 4.78 is 26.2. The molecule has 1 aliphatic rings. The largest absolute Gasteiger partial charge is 0.261 e. The minimum atomic E-state index is -3.18. The first kappa shape index (κ1) is 15.7. The number of alkyl halides is 1. The van der Waals surface area contributed by atoms with Crippen molar-refractivity contribution in [1.29, 1.82) is 0 Å². The Balaban J connectivity index is 1.88. The molecule has 1 saturated heterocycles. The zero-order valence-electron chi connectivity index (χ0n) is 11.7. The van der Waals surface area contributed by atoms with Crippen molar-refractivity contribution in [2.75, 3.05) is 18.8 Å². The Bertz CT molecular complexity index is 511. The van der Waals surface area contributed by atoms with Gasteiger partial charge in [0.15, 0.2) is 0 Å². The minimum Gasteiger partial charge on any atom is -0.261 e. The maximum absolute atomic E-state index is 12.3. The van der Waals surface area contributed by atoms with Crippen molar-refractivity contribution in [3.8, 4) is 0 Å². The second-order valence-corrected chi connectivity index (χ2v) is 8.08. The van der Waals surface area contributed by atoms with E-state index < -0.39 is 10.0 Å². The van der Waals surface area contributed by atoms with Crippen LogP contribution in [0.4, 0.5) is 0 Å². The average molecular weight is 317 g/mol. The smallest absolute Gasteiger partial charge is 0.214 e. The second-order valence-electron chi connectivity index (χ2n) is 5.30. The van der Waals surface area contributed by atoms with Gasteiger partial charge in [-0.2, -0.15) is 0 Å². The molecular formula is C14H21ClN2O2S. The molecule has 0 N–H and O–H groups in total. The highest BCUT2D eigenvalue weighted by molar-refractivity contribution is 7.89. The summed E-state index contributed by atoms with van der Waals surface area (Å²) in [5.41, 5.74) is 0.820. The van der Waals surface area contributed by atoms with Crippen LogP contribution in [0.2, 0.25) is 0 Å². The van der Waals surface area contributed by atoms with Crippen LogP contribution in [0.15, 0.2) is 24.4 Å². The maximum Gasteiger partial charge on any atom is 0.214 e. The molecule has 112 valence electrons. The van der Waals surface area contributed by atoms with Crippen molar-refractivity contribution >= 4 is 21.6 Å². The molecule has 0 radical (unpaired) electrons. The summed E-state index contributed by atoms with van der Waals surface area (Å²) in [5.74, 6) is 0.560. The lowest BCUT2D eigenvalue weighted by Crippen LogP contribution is -2.41. The number of piperidine rings is 1. The molecule has 6 heteroatoms. The van der Waals surface area contributed by atoms with E-state index in [0.717, 1.165) is 18.5 Å². The summed E-state index contributed by atoms with van der Waals surface area (Å²) in [6.45, 7) is 3.16. The van der Waals surface area contributed by atoms with Gasteiger partial charge in [0.2, 0.25) is 10.0 Å². The molecule has 4 nitrogen and oxygen atoms in total. The second kappa shape index (κ2) is 6.87. The Hall–Kier alpha value is -0.650. The molecule has 2 rings (SSSR count). The average Bonchev–Trinajstić information content (AvgIpc) is 2.46. The number of hydrogen-bond acceptors (Lipinski definition) is 3. The molecule has 0 saturated carbocycles. The van der Waals surface area contributed by atoms with Crippen LogP contribution in [-0.4, -0.2) is 41.9 Å². The molecule has 1 unspecified atom stereocenters. The van der Waals surface area contributed by atoms with Crippen molar-refractivity contribution in [3.63, 3.8) is 0 Å². The van der Waals surface area contributed by atoms with E-state index in [0.29, 0.717) is 25.4 Å². The van der Waals surface area contributed by atoms with Gasteiger partial charge in [0.25, 0.3) is 0 Å². The molecule has 0 bridgehead atoms. The van der Waals surface area contributed by atoms with E-state index in [1.807, 2.05) is 25.1 Å². The Kier molecular flexibility index (Phi) is 5.41. The van der Waals surface area contributed by atoms with E-state index in [1.54, 1.807) is 10.5 Å². The van der Waals surface area contributed by atoms with E-state index in [1.165, 1.54) is 0 Å². The topological polar surface area (TPSA) is 50.3 Å². The number of hydrogen-bond donors (Lipinski definition) is 0. The number of aromatic nitrogens is 1. The van der Waals surface area contributed by atoms with Crippen LogP contribution in [0.3, 0.4) is 0 Å². The van der Waals surface area contributed by atoms with Crippen LogP contribution in [0.5, 0.6) is 0 Å². The molecule has 20 heavy (non-hydrogen) atoms. The lowest BCUT2D eigenvalue weighted by Gasteiger charge is -2.32. The zero-order valence-corrected chi connectivity index (χ0v) is 13.3. The van der Waals surface area contributed by atoms with Crippen LogP contribution >= 0.6 is 11.6 Å². The molecule has 1 atom stereocenters. The summed E-state index contributed by atoms with van der Waals surface area (Å²) in [4.78, 5) is 4.16. The molecule has 1 aromatic rings. The lowest BCUT2D eigenvalue weighted by molar-refractivity contribution is 0.271. The standard InChI is InChI=1S/C14H21ClN2O2S/c1-12(15)13-5-9-17(10-6-13)20(18,19)11-7-14-4-2-3-8-16-14/h2-4,8,12-13H,5-7,9-11H2,1H3. The highest BCUT2D eigenvalue weighted by Gasteiger charge is 2.29. The fourth-order valence-electron chi connectivity index (χ4n) is 2.52. The van der Waals surface area contributed by atoms with E-state index >= 15 is 0 Å². The van der Waals surface area contributed by atoms with Gasteiger partial charge in [-0.25, -0.2) is 12.7 Å². The summed E-state index contributed by atoms with van der Waals surface area (Å²) in [6, 6.07) is 5.56. The van der Waals surface area contributed by atoms with E-state index in [9.17, 15) is 8.42 Å². The molecule has 1 fully saturated rings. The third-order valence-corrected chi connectivity index (χ3v) is 6.11.